The van der Waals surface area contributed by atoms with Crippen LogP contribution in [0.2, 0.25) is 0 Å². The second kappa shape index (κ2) is 4.82. The van der Waals surface area contributed by atoms with Crippen LogP contribution in [-0.2, 0) is 0 Å². The van der Waals surface area contributed by atoms with Crippen molar-refractivity contribution in [1.29, 1.82) is 0 Å². The normalized spacial score (nSPS) is 26.9. The van der Waals surface area contributed by atoms with Crippen molar-refractivity contribution in [1.82, 2.24) is 0 Å². The minimum Gasteiger partial charge on any atom is -0.381 e. The number of hydrogen-bond acceptors (Lipinski definition) is 1. The van der Waals surface area contributed by atoms with Crippen molar-refractivity contribution in [2.75, 3.05) is 5.32 Å². The zero-order valence-corrected chi connectivity index (χ0v) is 11.5. The lowest BCUT2D eigenvalue weighted by atomic mass is 9.71. The van der Waals surface area contributed by atoms with Crippen LogP contribution in [0.3, 0.4) is 0 Å². The lowest BCUT2D eigenvalue weighted by Crippen LogP contribution is -2.43. The second-order valence-corrected chi connectivity index (χ2v) is 5.90. The first-order valence-electron chi connectivity index (χ1n) is 7.49. The minimum absolute atomic E-state index is 0.614. The van der Waals surface area contributed by atoms with Crippen molar-refractivity contribution in [3.05, 3.63) is 66.7 Å². The molecule has 2 aromatic rings. The zero-order valence-electron chi connectivity index (χ0n) is 11.5. The van der Waals surface area contributed by atoms with E-state index in [2.05, 4.69) is 72.1 Å². The van der Waals surface area contributed by atoms with Gasteiger partial charge in [0, 0.05) is 23.2 Å². The molecule has 0 radical (unpaired) electrons. The maximum atomic E-state index is 3.77. The predicted octanol–water partition coefficient (Wildman–Crippen LogP) is 4.73. The Morgan fingerprint density at radius 1 is 0.900 bits per heavy atom. The van der Waals surface area contributed by atoms with Gasteiger partial charge in [-0.2, -0.15) is 0 Å². The van der Waals surface area contributed by atoms with Crippen LogP contribution in [0, 0.1) is 11.8 Å². The molecule has 2 aromatic carbocycles. The fourth-order valence-corrected chi connectivity index (χ4v) is 3.56. The summed E-state index contributed by atoms with van der Waals surface area (Å²) in [4.78, 5) is 0. The molecule has 0 aromatic heterocycles. The van der Waals surface area contributed by atoms with Gasteiger partial charge in [-0.1, -0.05) is 60.7 Å². The van der Waals surface area contributed by atoms with Crippen LogP contribution >= 0.6 is 0 Å². The highest BCUT2D eigenvalue weighted by molar-refractivity contribution is 5.78. The van der Waals surface area contributed by atoms with E-state index in [0.717, 1.165) is 11.8 Å². The van der Waals surface area contributed by atoms with Crippen molar-refractivity contribution in [3.63, 3.8) is 0 Å². The molecule has 1 heteroatoms. The van der Waals surface area contributed by atoms with Gasteiger partial charge in [-0.05, 0) is 30.4 Å². The highest BCUT2D eigenvalue weighted by Gasteiger charge is 2.41. The molecule has 20 heavy (non-hydrogen) atoms. The van der Waals surface area contributed by atoms with Crippen molar-refractivity contribution in [3.8, 4) is 11.1 Å². The molecule has 100 valence electrons. The highest BCUT2D eigenvalue weighted by Crippen LogP contribution is 2.44. The third-order valence-electron chi connectivity index (χ3n) is 4.72. The summed E-state index contributed by atoms with van der Waals surface area (Å²) in [7, 11) is 0. The number of rotatable bonds is 3. The summed E-state index contributed by atoms with van der Waals surface area (Å²) in [6.07, 6.45) is 7.33. The summed E-state index contributed by atoms with van der Waals surface area (Å²) in [5.41, 5.74) is 3.86. The predicted molar refractivity (Wildman–Crippen MR) is 84.6 cm³/mol. The van der Waals surface area contributed by atoms with E-state index in [0.29, 0.717) is 6.04 Å². The molecule has 0 spiro atoms. The van der Waals surface area contributed by atoms with E-state index in [1.807, 2.05) is 0 Å². The maximum absolute atomic E-state index is 3.77. The Morgan fingerprint density at radius 3 is 2.55 bits per heavy atom. The average molecular weight is 261 g/mol. The molecular weight excluding hydrogens is 242 g/mol. The third kappa shape index (κ3) is 1.94. The number of benzene rings is 2. The Balaban J connectivity index is 1.61. The Bertz CT molecular complexity index is 629. The summed E-state index contributed by atoms with van der Waals surface area (Å²) in [6, 6.07) is 19.9. The number of allylic oxidation sites excluding steroid dienone is 1. The van der Waals surface area contributed by atoms with E-state index in [9.17, 15) is 0 Å². The Morgan fingerprint density at radius 2 is 1.70 bits per heavy atom. The minimum atomic E-state index is 0.614. The van der Waals surface area contributed by atoms with Crippen LogP contribution in [0.4, 0.5) is 5.69 Å². The van der Waals surface area contributed by atoms with Crippen molar-refractivity contribution in [2.45, 2.75) is 18.9 Å². The average Bonchev–Trinajstić information content (AvgIpc) is 2.87. The lowest BCUT2D eigenvalue weighted by Gasteiger charge is -2.41. The smallest absolute Gasteiger partial charge is 0.0422 e. The van der Waals surface area contributed by atoms with Gasteiger partial charge < -0.3 is 5.32 Å². The number of fused-ring (bicyclic) bond motifs is 1. The summed E-state index contributed by atoms with van der Waals surface area (Å²) in [6.45, 7) is 0. The van der Waals surface area contributed by atoms with Crippen LogP contribution in [0.15, 0.2) is 66.7 Å². The molecule has 0 amide bonds. The summed E-state index contributed by atoms with van der Waals surface area (Å²) in [5, 5.41) is 3.77. The molecule has 3 atom stereocenters. The van der Waals surface area contributed by atoms with E-state index < -0.39 is 0 Å². The van der Waals surface area contributed by atoms with Crippen LogP contribution in [-0.4, -0.2) is 6.04 Å². The van der Waals surface area contributed by atoms with Gasteiger partial charge in [-0.25, -0.2) is 0 Å². The summed E-state index contributed by atoms with van der Waals surface area (Å²) < 4.78 is 0. The molecule has 1 fully saturated rings. The standard InChI is InChI=1S/C19H19N/c1-2-7-14(8-3-1)16-10-4-5-12-18(16)20-19-13-15-9-6-11-17(15)19/h1-8,10-12,15,17,19-20H,9,13H2. The van der Waals surface area contributed by atoms with E-state index in [4.69, 9.17) is 0 Å². The van der Waals surface area contributed by atoms with E-state index in [1.54, 1.807) is 0 Å². The van der Waals surface area contributed by atoms with E-state index in [-0.39, 0.29) is 0 Å². The molecule has 1 N–H and O–H groups in total. The molecule has 2 aliphatic carbocycles. The summed E-state index contributed by atoms with van der Waals surface area (Å²) in [5.74, 6) is 1.65. The van der Waals surface area contributed by atoms with Crippen molar-refractivity contribution >= 4 is 5.69 Å². The van der Waals surface area contributed by atoms with Crippen LogP contribution in [0.5, 0.6) is 0 Å². The largest absolute Gasteiger partial charge is 0.381 e. The van der Waals surface area contributed by atoms with Crippen LogP contribution in [0.25, 0.3) is 11.1 Å². The molecule has 1 saturated carbocycles. The first-order valence-corrected chi connectivity index (χ1v) is 7.49. The third-order valence-corrected chi connectivity index (χ3v) is 4.72. The topological polar surface area (TPSA) is 12.0 Å². The van der Waals surface area contributed by atoms with Gasteiger partial charge in [0.2, 0.25) is 0 Å². The molecule has 4 rings (SSSR count). The molecule has 2 aliphatic rings. The Labute approximate surface area is 120 Å². The lowest BCUT2D eigenvalue weighted by molar-refractivity contribution is 0.218. The number of nitrogens with one attached hydrogen (secondary N) is 1. The number of para-hydroxylation sites is 1. The fourth-order valence-electron chi connectivity index (χ4n) is 3.56. The Hall–Kier alpha value is -2.02. The number of anilines is 1. The highest BCUT2D eigenvalue weighted by atomic mass is 15.0. The second-order valence-electron chi connectivity index (χ2n) is 5.90. The monoisotopic (exact) mass is 261 g/mol. The SMILES string of the molecule is C1=CC2C(C1)CC2Nc1ccccc1-c1ccccc1. The number of hydrogen-bond donors (Lipinski definition) is 1. The Kier molecular flexibility index (Phi) is 2.84. The van der Waals surface area contributed by atoms with Gasteiger partial charge in [-0.3, -0.25) is 0 Å². The van der Waals surface area contributed by atoms with Crippen molar-refractivity contribution < 1.29 is 0 Å². The zero-order chi connectivity index (χ0) is 13.4. The van der Waals surface area contributed by atoms with Gasteiger partial charge in [0.15, 0.2) is 0 Å². The van der Waals surface area contributed by atoms with E-state index >= 15 is 0 Å². The van der Waals surface area contributed by atoms with Gasteiger partial charge >= 0.3 is 0 Å². The van der Waals surface area contributed by atoms with Crippen LogP contribution < -0.4 is 5.32 Å². The van der Waals surface area contributed by atoms with Crippen LogP contribution in [0.1, 0.15) is 12.8 Å². The fraction of sp³-hybridized carbons (Fsp3) is 0.263. The first-order chi connectivity index (χ1) is 9.92. The van der Waals surface area contributed by atoms with Gasteiger partial charge in [0.05, 0.1) is 0 Å². The molecule has 0 bridgehead atoms. The molecule has 0 saturated heterocycles. The molecule has 3 unspecified atom stereocenters. The quantitative estimate of drug-likeness (QED) is 0.788. The molecule has 0 heterocycles. The van der Waals surface area contributed by atoms with Gasteiger partial charge in [0.1, 0.15) is 0 Å². The van der Waals surface area contributed by atoms with Gasteiger partial charge in [0.25, 0.3) is 0 Å². The van der Waals surface area contributed by atoms with E-state index in [1.165, 1.54) is 29.7 Å². The molecule has 0 aliphatic heterocycles. The van der Waals surface area contributed by atoms with Gasteiger partial charge in [-0.15, -0.1) is 0 Å². The summed E-state index contributed by atoms with van der Waals surface area (Å²) >= 11 is 0. The molecular formula is C19H19N. The maximum Gasteiger partial charge on any atom is 0.0422 e. The van der Waals surface area contributed by atoms with Crippen molar-refractivity contribution in [2.24, 2.45) is 11.8 Å². The first kappa shape index (κ1) is 11.8. The molecule has 1 nitrogen and oxygen atoms in total.